The van der Waals surface area contributed by atoms with Gasteiger partial charge in [-0.3, -0.25) is 15.1 Å². The summed E-state index contributed by atoms with van der Waals surface area (Å²) in [5.74, 6) is 0. The van der Waals surface area contributed by atoms with Gasteiger partial charge in [0.1, 0.15) is 10.7 Å². The number of carbonyl (C=O) groups is 1. The van der Waals surface area contributed by atoms with Gasteiger partial charge in [-0.05, 0) is 24.3 Å². The smallest absolute Gasteiger partial charge is 0.409 e. The number of carboxylic acid groups (broad SMARTS) is 1. The Bertz CT molecular complexity index is 892. The number of fused-ring (bicyclic) bond motifs is 1. The number of hydrogen-bond acceptors (Lipinski definition) is 5. The summed E-state index contributed by atoms with van der Waals surface area (Å²) in [7, 11) is 0. The number of anilines is 1. The van der Waals surface area contributed by atoms with E-state index in [0.29, 0.717) is 21.8 Å². The Labute approximate surface area is 122 Å². The van der Waals surface area contributed by atoms with Crippen LogP contribution in [0.1, 0.15) is 0 Å². The summed E-state index contributed by atoms with van der Waals surface area (Å²) in [6.07, 6.45) is 0.307. The van der Waals surface area contributed by atoms with Crippen molar-refractivity contribution in [2.45, 2.75) is 0 Å². The fourth-order valence-electron chi connectivity index (χ4n) is 1.87. The molecule has 3 rings (SSSR count). The number of hydrogen-bond donors (Lipinski definition) is 2. The van der Waals surface area contributed by atoms with E-state index >= 15 is 0 Å². The Kier molecular flexibility index (Phi) is 3.33. The predicted molar refractivity (Wildman–Crippen MR) is 80.8 cm³/mol. The van der Waals surface area contributed by atoms with E-state index in [1.165, 1.54) is 23.6 Å². The van der Waals surface area contributed by atoms with Gasteiger partial charge in [0.15, 0.2) is 0 Å². The Balaban J connectivity index is 2.12. The maximum absolute atomic E-state index is 12.0. The van der Waals surface area contributed by atoms with E-state index in [1.54, 1.807) is 18.2 Å². The van der Waals surface area contributed by atoms with Crippen molar-refractivity contribution in [1.82, 2.24) is 9.97 Å². The van der Waals surface area contributed by atoms with Gasteiger partial charge in [0.2, 0.25) is 0 Å². The molecule has 0 fully saturated rings. The number of pyridine rings is 1. The first-order valence-corrected chi connectivity index (χ1v) is 6.81. The maximum Gasteiger partial charge on any atom is 0.409 e. The first kappa shape index (κ1) is 13.2. The first-order chi connectivity index (χ1) is 10.1. The molecular formula is C14H9N3O3S. The minimum absolute atomic E-state index is 0.322. The van der Waals surface area contributed by atoms with Crippen molar-refractivity contribution in [2.24, 2.45) is 0 Å². The van der Waals surface area contributed by atoms with Gasteiger partial charge in [-0.15, -0.1) is 11.3 Å². The highest BCUT2D eigenvalue weighted by molar-refractivity contribution is 7.21. The van der Waals surface area contributed by atoms with E-state index in [4.69, 9.17) is 5.11 Å². The molecule has 0 bridgehead atoms. The van der Waals surface area contributed by atoms with Gasteiger partial charge in [-0.25, -0.2) is 4.79 Å². The van der Waals surface area contributed by atoms with Crippen molar-refractivity contribution < 1.29 is 9.90 Å². The first-order valence-electron chi connectivity index (χ1n) is 6.00. The van der Waals surface area contributed by atoms with Crippen LogP contribution in [0, 0.1) is 0 Å². The molecule has 1 amide bonds. The Morgan fingerprint density at radius 3 is 2.86 bits per heavy atom. The average Bonchev–Trinajstić information content (AvgIpc) is 2.47. The van der Waals surface area contributed by atoms with E-state index in [0.717, 1.165) is 4.70 Å². The lowest BCUT2D eigenvalue weighted by Crippen LogP contribution is -2.08. The molecule has 104 valence electrons. The number of amides is 1. The molecule has 1 aromatic carbocycles. The van der Waals surface area contributed by atoms with Crippen molar-refractivity contribution in [3.8, 4) is 10.7 Å². The standard InChI is InChI=1S/C14H9N3O3S/c18-12-9-3-1-2-4-11(9)21-13(17-12)10-7-8(5-6-15-10)16-14(19)20/h1-7H,(H,15,16)(H,19,20). The molecule has 0 saturated heterocycles. The normalized spacial score (nSPS) is 10.5. The number of aromatic nitrogens is 2. The minimum atomic E-state index is -1.16. The highest BCUT2D eigenvalue weighted by Crippen LogP contribution is 2.25. The van der Waals surface area contributed by atoms with Crippen molar-refractivity contribution in [3.05, 3.63) is 52.9 Å². The second kappa shape index (κ2) is 5.29. The molecule has 3 aromatic rings. The average molecular weight is 299 g/mol. The molecule has 0 spiro atoms. The number of nitrogens with one attached hydrogen (secondary N) is 1. The summed E-state index contributed by atoms with van der Waals surface area (Å²) in [6, 6.07) is 10.3. The van der Waals surface area contributed by atoms with Crippen LogP contribution >= 0.6 is 11.3 Å². The summed E-state index contributed by atoms with van der Waals surface area (Å²) in [5, 5.41) is 12.0. The zero-order valence-corrected chi connectivity index (χ0v) is 11.4. The Morgan fingerprint density at radius 2 is 2.05 bits per heavy atom. The van der Waals surface area contributed by atoms with Gasteiger partial charge in [-0.2, -0.15) is 4.98 Å². The molecule has 6 nitrogen and oxygen atoms in total. The SMILES string of the molecule is O=C(O)Nc1ccnc(-c2nc(=O)c3ccccc3s2)c1. The highest BCUT2D eigenvalue weighted by atomic mass is 32.1. The van der Waals surface area contributed by atoms with Gasteiger partial charge in [0, 0.05) is 16.6 Å². The van der Waals surface area contributed by atoms with Gasteiger partial charge in [0.25, 0.3) is 5.56 Å². The monoisotopic (exact) mass is 299 g/mol. The van der Waals surface area contributed by atoms with Crippen LogP contribution in [0.4, 0.5) is 10.5 Å². The fraction of sp³-hybridized carbons (Fsp3) is 0. The fourth-order valence-corrected chi connectivity index (χ4v) is 2.84. The van der Waals surface area contributed by atoms with Crippen LogP contribution in [0.15, 0.2) is 47.4 Å². The second-order valence-electron chi connectivity index (χ2n) is 4.18. The third-order valence-corrected chi connectivity index (χ3v) is 3.83. The maximum atomic E-state index is 12.0. The van der Waals surface area contributed by atoms with Crippen LogP contribution in [0.5, 0.6) is 0 Å². The zero-order valence-electron chi connectivity index (χ0n) is 10.6. The summed E-state index contributed by atoms with van der Waals surface area (Å²) >= 11 is 1.33. The van der Waals surface area contributed by atoms with Crippen LogP contribution < -0.4 is 10.9 Å². The lowest BCUT2D eigenvalue weighted by molar-refractivity contribution is 0.210. The predicted octanol–water partition coefficient (Wildman–Crippen LogP) is 2.81. The second-order valence-corrected chi connectivity index (χ2v) is 5.21. The van der Waals surface area contributed by atoms with E-state index in [9.17, 15) is 9.59 Å². The van der Waals surface area contributed by atoms with E-state index < -0.39 is 6.09 Å². The van der Waals surface area contributed by atoms with Crippen LogP contribution in [-0.2, 0) is 0 Å². The van der Waals surface area contributed by atoms with Gasteiger partial charge < -0.3 is 5.11 Å². The molecule has 0 unspecified atom stereocenters. The molecule has 2 aromatic heterocycles. The molecule has 0 aliphatic heterocycles. The lowest BCUT2D eigenvalue weighted by atomic mass is 10.3. The number of rotatable bonds is 2. The molecule has 0 aliphatic carbocycles. The van der Waals surface area contributed by atoms with Crippen molar-refractivity contribution in [1.29, 1.82) is 0 Å². The van der Waals surface area contributed by atoms with Gasteiger partial charge in [-0.1, -0.05) is 12.1 Å². The third kappa shape index (κ3) is 2.72. The number of benzene rings is 1. The van der Waals surface area contributed by atoms with Crippen LogP contribution in [-0.4, -0.2) is 21.2 Å². The molecule has 0 aliphatic rings. The quantitative estimate of drug-likeness (QED) is 0.759. The van der Waals surface area contributed by atoms with Crippen molar-refractivity contribution in [3.63, 3.8) is 0 Å². The molecule has 21 heavy (non-hydrogen) atoms. The highest BCUT2D eigenvalue weighted by Gasteiger charge is 2.09. The molecular weight excluding hydrogens is 290 g/mol. The summed E-state index contributed by atoms with van der Waals surface area (Å²) < 4.78 is 0.811. The topological polar surface area (TPSA) is 92.2 Å². The Hall–Kier alpha value is -2.80. The lowest BCUT2D eigenvalue weighted by Gasteiger charge is -2.04. The van der Waals surface area contributed by atoms with Crippen LogP contribution in [0.3, 0.4) is 0 Å². The molecule has 0 radical (unpaired) electrons. The Morgan fingerprint density at radius 1 is 1.24 bits per heavy atom. The van der Waals surface area contributed by atoms with Gasteiger partial charge >= 0.3 is 6.09 Å². The summed E-state index contributed by atoms with van der Waals surface area (Å²) in [4.78, 5) is 30.8. The molecule has 2 N–H and O–H groups in total. The molecule has 0 saturated carbocycles. The van der Waals surface area contributed by atoms with Crippen molar-refractivity contribution in [2.75, 3.05) is 5.32 Å². The molecule has 2 heterocycles. The van der Waals surface area contributed by atoms with Crippen molar-refractivity contribution >= 4 is 33.2 Å². The largest absolute Gasteiger partial charge is 0.465 e. The van der Waals surface area contributed by atoms with Gasteiger partial charge in [0.05, 0.1) is 5.39 Å². The summed E-state index contributed by atoms with van der Waals surface area (Å²) in [5.41, 5.74) is 0.508. The van der Waals surface area contributed by atoms with Crippen LogP contribution in [0.2, 0.25) is 0 Å². The minimum Gasteiger partial charge on any atom is -0.465 e. The molecule has 7 heteroatoms. The molecule has 0 atom stereocenters. The zero-order chi connectivity index (χ0) is 14.8. The summed E-state index contributed by atoms with van der Waals surface area (Å²) in [6.45, 7) is 0. The van der Waals surface area contributed by atoms with Crippen LogP contribution in [0.25, 0.3) is 20.8 Å². The van der Waals surface area contributed by atoms with E-state index in [2.05, 4.69) is 15.3 Å². The van der Waals surface area contributed by atoms with E-state index in [-0.39, 0.29) is 5.56 Å². The van der Waals surface area contributed by atoms with E-state index in [1.807, 2.05) is 12.1 Å². The number of nitrogens with zero attached hydrogens (tertiary/aromatic N) is 2. The third-order valence-electron chi connectivity index (χ3n) is 2.76.